The van der Waals surface area contributed by atoms with Gasteiger partial charge >= 0.3 is 5.97 Å². The van der Waals surface area contributed by atoms with Gasteiger partial charge in [0, 0.05) is 17.1 Å². The summed E-state index contributed by atoms with van der Waals surface area (Å²) < 4.78 is 10.6. The molecular formula is C20H22ClNO4. The average Bonchev–Trinajstić information content (AvgIpc) is 2.65. The third kappa shape index (κ3) is 6.76. The Bertz CT molecular complexity index is 731. The van der Waals surface area contributed by atoms with Crippen LogP contribution in [0.15, 0.2) is 48.5 Å². The van der Waals surface area contributed by atoms with Gasteiger partial charge in [0.05, 0.1) is 18.8 Å². The van der Waals surface area contributed by atoms with Gasteiger partial charge in [0.2, 0.25) is 5.91 Å². The highest BCUT2D eigenvalue weighted by Gasteiger charge is 2.09. The standard InChI is InChI=1S/C20H22ClNO4/c1-2-12-26-20(24)15-5-3-6-17(14-15)22-19(23)7-4-13-25-18-10-8-16(21)9-11-18/h3,5-6,8-11,14H,2,4,7,12-13H2,1H3,(H,22,23). The van der Waals surface area contributed by atoms with Crippen LogP contribution in [-0.2, 0) is 9.53 Å². The summed E-state index contributed by atoms with van der Waals surface area (Å²) in [6, 6.07) is 13.8. The van der Waals surface area contributed by atoms with Crippen molar-refractivity contribution in [2.45, 2.75) is 26.2 Å². The molecule has 0 bridgehead atoms. The van der Waals surface area contributed by atoms with Crippen molar-refractivity contribution < 1.29 is 19.1 Å². The lowest BCUT2D eigenvalue weighted by Gasteiger charge is -2.08. The lowest BCUT2D eigenvalue weighted by atomic mass is 10.2. The highest BCUT2D eigenvalue weighted by molar-refractivity contribution is 6.30. The fourth-order valence-electron chi connectivity index (χ4n) is 2.18. The van der Waals surface area contributed by atoms with Crippen LogP contribution in [0.5, 0.6) is 5.75 Å². The second-order valence-electron chi connectivity index (χ2n) is 5.67. The van der Waals surface area contributed by atoms with E-state index < -0.39 is 0 Å². The van der Waals surface area contributed by atoms with Gasteiger partial charge in [-0.3, -0.25) is 4.79 Å². The van der Waals surface area contributed by atoms with E-state index in [0.717, 1.165) is 6.42 Å². The van der Waals surface area contributed by atoms with E-state index in [1.807, 2.05) is 6.92 Å². The summed E-state index contributed by atoms with van der Waals surface area (Å²) in [4.78, 5) is 23.9. The Morgan fingerprint density at radius 1 is 1.08 bits per heavy atom. The molecule has 5 nitrogen and oxygen atoms in total. The van der Waals surface area contributed by atoms with Crippen molar-refractivity contribution in [3.8, 4) is 5.75 Å². The van der Waals surface area contributed by atoms with Crippen LogP contribution in [0.4, 0.5) is 5.69 Å². The maximum Gasteiger partial charge on any atom is 0.338 e. The molecule has 2 rings (SSSR count). The first-order valence-electron chi connectivity index (χ1n) is 8.54. The van der Waals surface area contributed by atoms with Gasteiger partial charge in [0.25, 0.3) is 0 Å². The van der Waals surface area contributed by atoms with Gasteiger partial charge in [-0.1, -0.05) is 24.6 Å². The van der Waals surface area contributed by atoms with Crippen LogP contribution in [0.2, 0.25) is 5.02 Å². The Labute approximate surface area is 158 Å². The molecule has 0 unspecified atom stereocenters. The third-order valence-electron chi connectivity index (χ3n) is 3.45. The molecule has 0 radical (unpaired) electrons. The predicted octanol–water partition coefficient (Wildman–Crippen LogP) is 4.70. The number of carbonyl (C=O) groups is 2. The third-order valence-corrected chi connectivity index (χ3v) is 3.70. The summed E-state index contributed by atoms with van der Waals surface area (Å²) in [6.45, 7) is 2.74. The van der Waals surface area contributed by atoms with Crippen molar-refractivity contribution in [3.05, 3.63) is 59.1 Å². The maximum atomic E-state index is 12.0. The summed E-state index contributed by atoms with van der Waals surface area (Å²) in [7, 11) is 0. The predicted molar refractivity (Wildman–Crippen MR) is 102 cm³/mol. The Morgan fingerprint density at radius 3 is 2.58 bits per heavy atom. The molecule has 2 aromatic rings. The topological polar surface area (TPSA) is 64.6 Å². The summed E-state index contributed by atoms with van der Waals surface area (Å²) >= 11 is 5.81. The fourth-order valence-corrected chi connectivity index (χ4v) is 2.31. The Kier molecular flexibility index (Phi) is 7.96. The molecule has 1 amide bonds. The molecule has 1 N–H and O–H groups in total. The van der Waals surface area contributed by atoms with E-state index in [9.17, 15) is 9.59 Å². The molecular weight excluding hydrogens is 354 g/mol. The smallest absolute Gasteiger partial charge is 0.338 e. The van der Waals surface area contributed by atoms with E-state index in [-0.39, 0.29) is 11.9 Å². The number of halogens is 1. The minimum atomic E-state index is -0.390. The van der Waals surface area contributed by atoms with E-state index in [1.54, 1.807) is 48.5 Å². The number of rotatable bonds is 9. The quantitative estimate of drug-likeness (QED) is 0.509. The molecule has 0 heterocycles. The number of carbonyl (C=O) groups excluding carboxylic acids is 2. The Hall–Kier alpha value is -2.53. The summed E-state index contributed by atoms with van der Waals surface area (Å²) in [5.41, 5.74) is 0.988. The second-order valence-corrected chi connectivity index (χ2v) is 6.11. The number of benzene rings is 2. The number of nitrogens with one attached hydrogen (secondary N) is 1. The zero-order valence-electron chi connectivity index (χ0n) is 14.7. The van der Waals surface area contributed by atoms with E-state index in [2.05, 4.69) is 5.32 Å². The average molecular weight is 376 g/mol. The second kappa shape index (κ2) is 10.5. The minimum absolute atomic E-state index is 0.135. The maximum absolute atomic E-state index is 12.0. The van der Waals surface area contributed by atoms with E-state index in [1.165, 1.54) is 0 Å². The highest BCUT2D eigenvalue weighted by atomic mass is 35.5. The number of amides is 1. The molecule has 0 spiro atoms. The van der Waals surface area contributed by atoms with Crippen molar-refractivity contribution in [2.24, 2.45) is 0 Å². The van der Waals surface area contributed by atoms with Crippen molar-refractivity contribution in [2.75, 3.05) is 18.5 Å². The zero-order valence-corrected chi connectivity index (χ0v) is 15.4. The van der Waals surface area contributed by atoms with Crippen LogP contribution in [0.3, 0.4) is 0 Å². The molecule has 0 aliphatic heterocycles. The number of ether oxygens (including phenoxy) is 2. The molecule has 138 valence electrons. The SMILES string of the molecule is CCCOC(=O)c1cccc(NC(=O)CCCOc2ccc(Cl)cc2)c1. The van der Waals surface area contributed by atoms with E-state index in [0.29, 0.717) is 48.1 Å². The zero-order chi connectivity index (χ0) is 18.8. The Morgan fingerprint density at radius 2 is 1.85 bits per heavy atom. The van der Waals surface area contributed by atoms with Crippen LogP contribution in [-0.4, -0.2) is 25.1 Å². The van der Waals surface area contributed by atoms with Crippen LogP contribution in [0, 0.1) is 0 Å². The molecule has 0 saturated heterocycles. The van der Waals surface area contributed by atoms with Gasteiger partial charge in [-0.25, -0.2) is 4.79 Å². The van der Waals surface area contributed by atoms with Crippen molar-refractivity contribution in [1.82, 2.24) is 0 Å². The number of esters is 1. The molecule has 0 aliphatic carbocycles. The van der Waals surface area contributed by atoms with Crippen LogP contribution < -0.4 is 10.1 Å². The molecule has 0 atom stereocenters. The van der Waals surface area contributed by atoms with Crippen molar-refractivity contribution >= 4 is 29.2 Å². The number of hydrogen-bond donors (Lipinski definition) is 1. The summed E-state index contributed by atoms with van der Waals surface area (Å²) in [6.07, 6.45) is 1.66. The molecule has 2 aromatic carbocycles. The van der Waals surface area contributed by atoms with Gasteiger partial charge in [-0.2, -0.15) is 0 Å². The summed E-state index contributed by atoms with van der Waals surface area (Å²) in [5, 5.41) is 3.43. The first kappa shape index (κ1) is 19.8. The largest absolute Gasteiger partial charge is 0.494 e. The van der Waals surface area contributed by atoms with E-state index in [4.69, 9.17) is 21.1 Å². The number of anilines is 1. The van der Waals surface area contributed by atoms with Gasteiger partial charge in [-0.15, -0.1) is 0 Å². The van der Waals surface area contributed by atoms with Crippen LogP contribution in [0.1, 0.15) is 36.5 Å². The minimum Gasteiger partial charge on any atom is -0.494 e. The van der Waals surface area contributed by atoms with Crippen LogP contribution >= 0.6 is 11.6 Å². The molecule has 0 aliphatic rings. The van der Waals surface area contributed by atoms with Gasteiger partial charge in [0.1, 0.15) is 5.75 Å². The van der Waals surface area contributed by atoms with Crippen LogP contribution in [0.25, 0.3) is 0 Å². The fraction of sp³-hybridized carbons (Fsp3) is 0.300. The van der Waals surface area contributed by atoms with Crippen molar-refractivity contribution in [3.63, 3.8) is 0 Å². The highest BCUT2D eigenvalue weighted by Crippen LogP contribution is 2.16. The lowest BCUT2D eigenvalue weighted by molar-refractivity contribution is -0.116. The summed E-state index contributed by atoms with van der Waals surface area (Å²) in [5.74, 6) is 0.191. The van der Waals surface area contributed by atoms with Gasteiger partial charge < -0.3 is 14.8 Å². The normalized spacial score (nSPS) is 10.2. The lowest BCUT2D eigenvalue weighted by Crippen LogP contribution is -2.13. The monoisotopic (exact) mass is 375 g/mol. The van der Waals surface area contributed by atoms with Crippen molar-refractivity contribution in [1.29, 1.82) is 0 Å². The molecule has 0 fully saturated rings. The van der Waals surface area contributed by atoms with E-state index >= 15 is 0 Å². The number of hydrogen-bond acceptors (Lipinski definition) is 4. The van der Waals surface area contributed by atoms with Gasteiger partial charge in [-0.05, 0) is 55.3 Å². The molecule has 0 saturated carbocycles. The first-order valence-corrected chi connectivity index (χ1v) is 8.91. The molecule has 6 heteroatoms. The Balaban J connectivity index is 1.75. The first-order chi connectivity index (χ1) is 12.6. The van der Waals surface area contributed by atoms with Gasteiger partial charge in [0.15, 0.2) is 0 Å². The molecule has 26 heavy (non-hydrogen) atoms. The molecule has 0 aromatic heterocycles.